The molecule has 180 valence electrons. The van der Waals surface area contributed by atoms with Gasteiger partial charge in [-0.25, -0.2) is 9.79 Å². The lowest BCUT2D eigenvalue weighted by atomic mass is 10.1. The summed E-state index contributed by atoms with van der Waals surface area (Å²) in [4.78, 5) is 32.8. The number of aromatic nitrogens is 6. The SMILES string of the molecule is O=c1[nH]c(O)c(/C=c2\cnn3c(=NC4CC4)nc(NCc4ccc(CN5CCCC5)cc4)nc23)[nH]1. The van der Waals surface area contributed by atoms with Crippen LogP contribution in [0.1, 0.15) is 42.5 Å². The Labute approximate surface area is 200 Å². The van der Waals surface area contributed by atoms with Gasteiger partial charge in [0.25, 0.3) is 5.62 Å². The molecular weight excluding hydrogens is 446 g/mol. The van der Waals surface area contributed by atoms with Crippen LogP contribution in [-0.2, 0) is 13.1 Å². The number of H-pyrrole nitrogens is 2. The molecule has 1 aliphatic carbocycles. The number of imidazole rings is 1. The summed E-state index contributed by atoms with van der Waals surface area (Å²) < 4.78 is 1.59. The second-order valence-corrected chi connectivity index (χ2v) is 9.18. The first kappa shape index (κ1) is 21.5. The van der Waals surface area contributed by atoms with Crippen molar-refractivity contribution in [3.63, 3.8) is 0 Å². The van der Waals surface area contributed by atoms with Gasteiger partial charge < -0.3 is 15.4 Å². The molecule has 1 saturated carbocycles. The van der Waals surface area contributed by atoms with Crippen LogP contribution in [0.5, 0.6) is 5.88 Å². The molecule has 1 saturated heterocycles. The minimum Gasteiger partial charge on any atom is -0.493 e. The van der Waals surface area contributed by atoms with E-state index >= 15 is 0 Å². The van der Waals surface area contributed by atoms with Gasteiger partial charge in [-0.2, -0.15) is 19.6 Å². The average Bonchev–Trinajstić information content (AvgIpc) is 3.20. The molecule has 0 spiro atoms. The Morgan fingerprint density at radius 2 is 1.89 bits per heavy atom. The van der Waals surface area contributed by atoms with Gasteiger partial charge in [0.15, 0.2) is 5.65 Å². The van der Waals surface area contributed by atoms with Crippen molar-refractivity contribution in [3.05, 3.63) is 68.6 Å². The van der Waals surface area contributed by atoms with E-state index in [1.165, 1.54) is 31.5 Å². The zero-order valence-electron chi connectivity index (χ0n) is 19.2. The van der Waals surface area contributed by atoms with Crippen LogP contribution in [0.2, 0.25) is 0 Å². The summed E-state index contributed by atoms with van der Waals surface area (Å²) in [7, 11) is 0. The van der Waals surface area contributed by atoms with Gasteiger partial charge >= 0.3 is 5.69 Å². The first-order chi connectivity index (χ1) is 17.1. The lowest BCUT2D eigenvalue weighted by molar-refractivity contribution is 0.331. The van der Waals surface area contributed by atoms with E-state index in [0.717, 1.165) is 24.9 Å². The van der Waals surface area contributed by atoms with Crippen LogP contribution < -0.4 is 21.8 Å². The monoisotopic (exact) mass is 473 g/mol. The molecule has 11 heteroatoms. The highest BCUT2D eigenvalue weighted by Crippen LogP contribution is 2.22. The van der Waals surface area contributed by atoms with Crippen LogP contribution in [0, 0.1) is 0 Å². The number of likely N-dealkylation sites (tertiary alicyclic amines) is 1. The number of anilines is 1. The van der Waals surface area contributed by atoms with Gasteiger partial charge in [-0.15, -0.1) is 0 Å². The van der Waals surface area contributed by atoms with E-state index in [1.807, 2.05) is 0 Å². The number of hydrogen-bond acceptors (Lipinski definition) is 8. The molecule has 2 aliphatic rings. The van der Waals surface area contributed by atoms with Gasteiger partial charge in [0.2, 0.25) is 11.8 Å². The molecule has 35 heavy (non-hydrogen) atoms. The number of rotatable bonds is 7. The summed E-state index contributed by atoms with van der Waals surface area (Å²) in [5.41, 5.74) is 3.24. The van der Waals surface area contributed by atoms with Crippen LogP contribution in [0.15, 0.2) is 40.2 Å². The number of fused-ring (bicyclic) bond motifs is 1. The fourth-order valence-electron chi connectivity index (χ4n) is 4.30. The Morgan fingerprint density at radius 3 is 2.60 bits per heavy atom. The Hall–Kier alpha value is -3.99. The highest BCUT2D eigenvalue weighted by atomic mass is 16.3. The maximum atomic E-state index is 11.5. The van der Waals surface area contributed by atoms with Crippen molar-refractivity contribution in [2.75, 3.05) is 18.4 Å². The third-order valence-electron chi connectivity index (χ3n) is 6.34. The van der Waals surface area contributed by atoms with Crippen LogP contribution in [0.4, 0.5) is 5.95 Å². The average molecular weight is 474 g/mol. The Balaban J connectivity index is 1.28. The quantitative estimate of drug-likeness (QED) is 0.309. The van der Waals surface area contributed by atoms with Gasteiger partial charge in [0, 0.05) is 18.3 Å². The zero-order valence-corrected chi connectivity index (χ0v) is 19.2. The molecule has 0 atom stereocenters. The molecule has 3 aromatic heterocycles. The molecule has 4 N–H and O–H groups in total. The number of aromatic hydroxyl groups is 1. The Kier molecular flexibility index (Phi) is 5.53. The molecule has 0 radical (unpaired) electrons. The molecule has 11 nitrogen and oxygen atoms in total. The first-order valence-electron chi connectivity index (χ1n) is 12.0. The number of aromatic amines is 2. The maximum Gasteiger partial charge on any atom is 0.326 e. The zero-order chi connectivity index (χ0) is 23.8. The minimum absolute atomic E-state index is 0.238. The van der Waals surface area contributed by atoms with Crippen LogP contribution in [-0.4, -0.2) is 58.7 Å². The Morgan fingerprint density at radius 1 is 1.11 bits per heavy atom. The van der Waals surface area contributed by atoms with Gasteiger partial charge in [0.1, 0.15) is 5.69 Å². The molecule has 4 aromatic rings. The van der Waals surface area contributed by atoms with E-state index in [9.17, 15) is 9.90 Å². The number of nitrogens with zero attached hydrogens (tertiary/aromatic N) is 6. The molecule has 4 heterocycles. The fourth-order valence-corrected chi connectivity index (χ4v) is 4.30. The highest BCUT2D eigenvalue weighted by Gasteiger charge is 2.21. The van der Waals surface area contributed by atoms with Crippen molar-refractivity contribution < 1.29 is 5.11 Å². The van der Waals surface area contributed by atoms with Crippen LogP contribution in [0.25, 0.3) is 11.7 Å². The number of hydrogen-bond donors (Lipinski definition) is 4. The maximum absolute atomic E-state index is 11.5. The van der Waals surface area contributed by atoms with E-state index < -0.39 is 5.69 Å². The van der Waals surface area contributed by atoms with Crippen molar-refractivity contribution in [3.8, 4) is 5.88 Å². The second-order valence-electron chi connectivity index (χ2n) is 9.18. The predicted molar refractivity (Wildman–Crippen MR) is 130 cm³/mol. The van der Waals surface area contributed by atoms with E-state index in [2.05, 4.69) is 59.5 Å². The summed E-state index contributed by atoms with van der Waals surface area (Å²) in [5, 5.41) is 18.3. The summed E-state index contributed by atoms with van der Waals surface area (Å²) in [6.45, 7) is 3.94. The first-order valence-corrected chi connectivity index (χ1v) is 12.0. The third kappa shape index (κ3) is 4.80. The molecular formula is C24H27N9O2. The lowest BCUT2D eigenvalue weighted by Crippen LogP contribution is -2.24. The standard InChI is InChI=1S/C24H27N9O2/c34-21-19(28-24(35)30-21)11-17-13-26-33-20(17)29-22(31-23(33)27-18-7-8-18)25-12-15-3-5-16(6-4-15)14-32-9-1-2-10-32/h3-6,11,13,18,34H,1-2,7-10,12,14H2,(H,25,27,31)(H2,28,30,35)/b17-11+. The van der Waals surface area contributed by atoms with Crippen molar-refractivity contribution in [2.24, 2.45) is 4.99 Å². The molecule has 1 aliphatic heterocycles. The highest BCUT2D eigenvalue weighted by molar-refractivity contribution is 5.57. The molecule has 0 unspecified atom stereocenters. The van der Waals surface area contributed by atoms with Gasteiger partial charge in [0.05, 0.1) is 12.2 Å². The largest absolute Gasteiger partial charge is 0.493 e. The molecule has 6 rings (SSSR count). The topological polar surface area (TPSA) is 140 Å². The van der Waals surface area contributed by atoms with E-state index in [0.29, 0.717) is 29.0 Å². The molecule has 1 aromatic carbocycles. The van der Waals surface area contributed by atoms with Crippen LogP contribution >= 0.6 is 0 Å². The van der Waals surface area contributed by atoms with Gasteiger partial charge in [-0.1, -0.05) is 24.3 Å². The van der Waals surface area contributed by atoms with E-state index in [1.54, 1.807) is 16.8 Å². The molecule has 2 fully saturated rings. The number of benzene rings is 1. The van der Waals surface area contributed by atoms with E-state index in [4.69, 9.17) is 4.99 Å². The van der Waals surface area contributed by atoms with Crippen LogP contribution in [0.3, 0.4) is 0 Å². The molecule has 0 bridgehead atoms. The second kappa shape index (κ2) is 8.99. The fraction of sp³-hybridized carbons (Fsp3) is 0.375. The van der Waals surface area contributed by atoms with Crippen molar-refractivity contribution in [2.45, 2.75) is 44.8 Å². The van der Waals surface area contributed by atoms with Crippen molar-refractivity contribution in [1.82, 2.24) is 34.4 Å². The predicted octanol–water partition coefficient (Wildman–Crippen LogP) is 0.665. The van der Waals surface area contributed by atoms with E-state index in [-0.39, 0.29) is 17.6 Å². The van der Waals surface area contributed by atoms with Crippen molar-refractivity contribution in [1.29, 1.82) is 0 Å². The summed E-state index contributed by atoms with van der Waals surface area (Å²) in [6.07, 6.45) is 7.90. The number of nitrogens with one attached hydrogen (secondary N) is 3. The third-order valence-corrected chi connectivity index (χ3v) is 6.34. The van der Waals surface area contributed by atoms with Crippen molar-refractivity contribution >= 4 is 17.7 Å². The lowest BCUT2D eigenvalue weighted by Gasteiger charge is -2.14. The smallest absolute Gasteiger partial charge is 0.326 e. The summed E-state index contributed by atoms with van der Waals surface area (Å²) >= 11 is 0. The van der Waals surface area contributed by atoms with Gasteiger partial charge in [-0.05, 0) is 56.0 Å². The normalized spacial score (nSPS) is 17.6. The van der Waals surface area contributed by atoms with Gasteiger partial charge in [-0.3, -0.25) is 9.88 Å². The minimum atomic E-state index is -0.488. The summed E-state index contributed by atoms with van der Waals surface area (Å²) in [6, 6.07) is 8.89. The summed E-state index contributed by atoms with van der Waals surface area (Å²) in [5.74, 6) is 0.206. The molecule has 0 amide bonds. The Bertz CT molecular complexity index is 1520.